The van der Waals surface area contributed by atoms with Crippen molar-refractivity contribution in [1.82, 2.24) is 9.62 Å². The number of rotatable bonds is 2. The molecule has 2 saturated heterocycles. The lowest BCUT2D eigenvalue weighted by Crippen LogP contribution is -2.54. The van der Waals surface area contributed by atoms with Crippen LogP contribution in [0.1, 0.15) is 19.3 Å². The SMILES string of the molecule is O=C1CCC2CN(S(=O)(=O)c3ccc(F)cc3)CCC2N1. The fraction of sp³-hybridized carbons (Fsp3) is 0.500. The average molecular weight is 312 g/mol. The van der Waals surface area contributed by atoms with Crippen molar-refractivity contribution in [3.63, 3.8) is 0 Å². The lowest BCUT2D eigenvalue weighted by molar-refractivity contribution is -0.124. The minimum absolute atomic E-state index is 0.0473. The van der Waals surface area contributed by atoms with Crippen LogP contribution in [-0.4, -0.2) is 37.8 Å². The highest BCUT2D eigenvalue weighted by Gasteiger charge is 2.38. The first-order valence-electron chi connectivity index (χ1n) is 7.02. The highest BCUT2D eigenvalue weighted by atomic mass is 32.2. The van der Waals surface area contributed by atoms with Gasteiger partial charge in [-0.15, -0.1) is 0 Å². The number of hydrogen-bond donors (Lipinski definition) is 1. The lowest BCUT2D eigenvalue weighted by atomic mass is 9.86. The van der Waals surface area contributed by atoms with Gasteiger partial charge in [0.1, 0.15) is 5.82 Å². The first-order chi connectivity index (χ1) is 9.96. The van der Waals surface area contributed by atoms with Gasteiger partial charge in [-0.2, -0.15) is 4.31 Å². The standard InChI is InChI=1S/C14H17FN2O3S/c15-11-2-4-12(5-3-11)21(19,20)17-8-7-13-10(9-17)1-6-14(18)16-13/h2-5,10,13H,1,6-9H2,(H,16,18). The van der Waals surface area contributed by atoms with Crippen LogP contribution in [0.5, 0.6) is 0 Å². The molecule has 3 rings (SSSR count). The summed E-state index contributed by atoms with van der Waals surface area (Å²) in [6, 6.07) is 4.96. The number of carbonyl (C=O) groups is 1. The predicted octanol–water partition coefficient (Wildman–Crippen LogP) is 1.11. The summed E-state index contributed by atoms with van der Waals surface area (Å²) in [5.74, 6) is -0.250. The zero-order valence-electron chi connectivity index (χ0n) is 11.5. The van der Waals surface area contributed by atoms with Gasteiger partial charge in [-0.1, -0.05) is 0 Å². The van der Waals surface area contributed by atoms with Gasteiger partial charge in [0.05, 0.1) is 4.90 Å². The van der Waals surface area contributed by atoms with Gasteiger partial charge >= 0.3 is 0 Å². The summed E-state index contributed by atoms with van der Waals surface area (Å²) in [5.41, 5.74) is 0. The van der Waals surface area contributed by atoms with E-state index in [1.54, 1.807) is 0 Å². The summed E-state index contributed by atoms with van der Waals surface area (Å²) in [4.78, 5) is 11.5. The van der Waals surface area contributed by atoms with E-state index >= 15 is 0 Å². The number of fused-ring (bicyclic) bond motifs is 1. The molecule has 2 heterocycles. The molecule has 114 valence electrons. The molecule has 2 unspecified atom stereocenters. The second kappa shape index (κ2) is 5.38. The Morgan fingerprint density at radius 1 is 1.19 bits per heavy atom. The molecule has 0 radical (unpaired) electrons. The Balaban J connectivity index is 1.78. The van der Waals surface area contributed by atoms with Gasteiger partial charge in [-0.25, -0.2) is 12.8 Å². The number of hydrogen-bond acceptors (Lipinski definition) is 3. The Morgan fingerprint density at radius 2 is 1.90 bits per heavy atom. The second-order valence-electron chi connectivity index (χ2n) is 5.58. The van der Waals surface area contributed by atoms with Crippen LogP contribution >= 0.6 is 0 Å². The van der Waals surface area contributed by atoms with Crippen LogP contribution in [0.3, 0.4) is 0 Å². The van der Waals surface area contributed by atoms with E-state index in [9.17, 15) is 17.6 Å². The molecule has 2 atom stereocenters. The minimum Gasteiger partial charge on any atom is -0.353 e. The number of sulfonamides is 1. The van der Waals surface area contributed by atoms with E-state index in [0.717, 1.165) is 12.1 Å². The molecule has 1 N–H and O–H groups in total. The highest BCUT2D eigenvalue weighted by molar-refractivity contribution is 7.89. The number of benzene rings is 1. The van der Waals surface area contributed by atoms with Gasteiger partial charge in [0, 0.05) is 25.6 Å². The van der Waals surface area contributed by atoms with Crippen molar-refractivity contribution in [2.75, 3.05) is 13.1 Å². The second-order valence-corrected chi connectivity index (χ2v) is 7.52. The molecule has 0 bridgehead atoms. The molecule has 1 aromatic rings. The molecule has 2 aliphatic rings. The van der Waals surface area contributed by atoms with Gasteiger partial charge in [0.25, 0.3) is 0 Å². The van der Waals surface area contributed by atoms with Crippen LogP contribution in [0.2, 0.25) is 0 Å². The van der Waals surface area contributed by atoms with Crippen molar-refractivity contribution < 1.29 is 17.6 Å². The molecule has 2 aliphatic heterocycles. The third-order valence-electron chi connectivity index (χ3n) is 4.24. The Kier molecular flexibility index (Phi) is 3.71. The number of amides is 1. The number of carbonyl (C=O) groups excluding carboxylic acids is 1. The zero-order valence-corrected chi connectivity index (χ0v) is 12.3. The smallest absolute Gasteiger partial charge is 0.243 e. The van der Waals surface area contributed by atoms with Crippen molar-refractivity contribution in [3.8, 4) is 0 Å². The molecular weight excluding hydrogens is 295 g/mol. The summed E-state index contributed by atoms with van der Waals surface area (Å²) >= 11 is 0. The van der Waals surface area contributed by atoms with Crippen LogP contribution < -0.4 is 5.32 Å². The number of nitrogens with zero attached hydrogens (tertiary/aromatic N) is 1. The molecule has 1 aromatic carbocycles. The summed E-state index contributed by atoms with van der Waals surface area (Å²) in [6.45, 7) is 0.784. The van der Waals surface area contributed by atoms with E-state index in [4.69, 9.17) is 0 Å². The first kappa shape index (κ1) is 14.5. The zero-order chi connectivity index (χ0) is 15.0. The monoisotopic (exact) mass is 312 g/mol. The van der Waals surface area contributed by atoms with E-state index in [2.05, 4.69) is 5.32 Å². The van der Waals surface area contributed by atoms with E-state index in [1.165, 1.54) is 16.4 Å². The first-order valence-corrected chi connectivity index (χ1v) is 8.46. The average Bonchev–Trinajstić information content (AvgIpc) is 2.47. The summed E-state index contributed by atoms with van der Waals surface area (Å²) in [6.07, 6.45) is 1.79. The highest BCUT2D eigenvalue weighted by Crippen LogP contribution is 2.29. The van der Waals surface area contributed by atoms with Crippen LogP contribution in [0.25, 0.3) is 0 Å². The maximum absolute atomic E-state index is 12.9. The van der Waals surface area contributed by atoms with Gasteiger partial charge in [-0.05, 0) is 43.0 Å². The van der Waals surface area contributed by atoms with Crippen molar-refractivity contribution in [3.05, 3.63) is 30.1 Å². The maximum atomic E-state index is 12.9. The van der Waals surface area contributed by atoms with Crippen LogP contribution in [0, 0.1) is 11.7 Å². The van der Waals surface area contributed by atoms with Gasteiger partial charge < -0.3 is 5.32 Å². The van der Waals surface area contributed by atoms with Crippen molar-refractivity contribution >= 4 is 15.9 Å². The van der Waals surface area contributed by atoms with Crippen LogP contribution in [0.15, 0.2) is 29.2 Å². The normalized spacial score (nSPS) is 27.0. The van der Waals surface area contributed by atoms with E-state index in [1.807, 2.05) is 0 Å². The van der Waals surface area contributed by atoms with Crippen LogP contribution in [0.4, 0.5) is 4.39 Å². The molecule has 0 aliphatic carbocycles. The Hall–Kier alpha value is -1.47. The van der Waals surface area contributed by atoms with E-state index < -0.39 is 15.8 Å². The quantitative estimate of drug-likeness (QED) is 0.890. The van der Waals surface area contributed by atoms with Crippen molar-refractivity contribution in [1.29, 1.82) is 0 Å². The largest absolute Gasteiger partial charge is 0.353 e. The maximum Gasteiger partial charge on any atom is 0.243 e. The fourth-order valence-electron chi connectivity index (χ4n) is 3.05. The molecule has 21 heavy (non-hydrogen) atoms. The molecule has 0 saturated carbocycles. The third kappa shape index (κ3) is 2.80. The number of nitrogens with one attached hydrogen (secondary N) is 1. The van der Waals surface area contributed by atoms with Gasteiger partial charge in [0.15, 0.2) is 0 Å². The fourth-order valence-corrected chi connectivity index (χ4v) is 4.56. The molecule has 0 aromatic heterocycles. The Bertz CT molecular complexity index is 645. The molecule has 7 heteroatoms. The predicted molar refractivity (Wildman–Crippen MR) is 74.4 cm³/mol. The molecule has 0 spiro atoms. The van der Waals surface area contributed by atoms with Gasteiger partial charge in [-0.3, -0.25) is 4.79 Å². The number of halogens is 1. The minimum atomic E-state index is -3.59. The summed E-state index contributed by atoms with van der Waals surface area (Å²) in [5, 5.41) is 2.93. The van der Waals surface area contributed by atoms with E-state index in [0.29, 0.717) is 32.4 Å². The Morgan fingerprint density at radius 3 is 2.62 bits per heavy atom. The third-order valence-corrected chi connectivity index (χ3v) is 6.12. The molecule has 5 nitrogen and oxygen atoms in total. The topological polar surface area (TPSA) is 66.5 Å². The van der Waals surface area contributed by atoms with Crippen molar-refractivity contribution in [2.45, 2.75) is 30.2 Å². The molecular formula is C14H17FN2O3S. The van der Waals surface area contributed by atoms with Crippen molar-refractivity contribution in [2.24, 2.45) is 5.92 Å². The van der Waals surface area contributed by atoms with Crippen LogP contribution in [-0.2, 0) is 14.8 Å². The summed E-state index contributed by atoms with van der Waals surface area (Å²) < 4.78 is 39.5. The molecule has 2 fully saturated rings. The van der Waals surface area contributed by atoms with Gasteiger partial charge in [0.2, 0.25) is 15.9 Å². The molecule has 1 amide bonds. The Labute approximate surface area is 123 Å². The lowest BCUT2D eigenvalue weighted by Gasteiger charge is -2.40. The van der Waals surface area contributed by atoms with E-state index in [-0.39, 0.29) is 22.8 Å². The summed E-state index contributed by atoms with van der Waals surface area (Å²) in [7, 11) is -3.59. The number of piperidine rings is 2.